The predicted octanol–water partition coefficient (Wildman–Crippen LogP) is 4.11. The van der Waals surface area contributed by atoms with Gasteiger partial charge in [-0.2, -0.15) is 0 Å². The van der Waals surface area contributed by atoms with E-state index in [1.807, 2.05) is 24.3 Å². The van der Waals surface area contributed by atoms with Gasteiger partial charge < -0.3 is 5.73 Å². The fraction of sp³-hybridized carbons (Fsp3) is 0.133. The lowest BCUT2D eigenvalue weighted by molar-refractivity contribution is 0.732. The zero-order valence-electron chi connectivity index (χ0n) is 10.3. The molecule has 1 unspecified atom stereocenters. The van der Waals surface area contributed by atoms with Gasteiger partial charge in [0.15, 0.2) is 0 Å². The van der Waals surface area contributed by atoms with Crippen LogP contribution in [-0.2, 0) is 6.42 Å². The molecular weight excluding hydrogens is 272 g/mol. The molecule has 0 spiro atoms. The second-order valence-electron chi connectivity index (χ2n) is 4.32. The number of thiophene rings is 1. The maximum Gasteiger partial charge on any atom is 0.0951 e. The van der Waals surface area contributed by atoms with E-state index in [2.05, 4.69) is 33.9 Å². The molecular formula is C15H14N2S2. The third-order valence-corrected chi connectivity index (χ3v) is 4.80. The van der Waals surface area contributed by atoms with Gasteiger partial charge in [-0.05, 0) is 11.4 Å². The van der Waals surface area contributed by atoms with Crippen LogP contribution in [-0.4, -0.2) is 4.98 Å². The highest BCUT2D eigenvalue weighted by Crippen LogP contribution is 2.26. The number of thiazole rings is 1. The maximum atomic E-state index is 6.20. The van der Waals surface area contributed by atoms with Crippen molar-refractivity contribution in [3.8, 4) is 11.3 Å². The van der Waals surface area contributed by atoms with Crippen LogP contribution in [0.5, 0.6) is 0 Å². The van der Waals surface area contributed by atoms with Gasteiger partial charge >= 0.3 is 0 Å². The van der Waals surface area contributed by atoms with Gasteiger partial charge in [-0.25, -0.2) is 4.98 Å². The van der Waals surface area contributed by atoms with E-state index in [4.69, 9.17) is 5.73 Å². The lowest BCUT2D eigenvalue weighted by Crippen LogP contribution is -2.11. The van der Waals surface area contributed by atoms with Gasteiger partial charge in [0.25, 0.3) is 0 Å². The Hall–Kier alpha value is -1.49. The lowest BCUT2D eigenvalue weighted by atomic mass is 10.2. The molecule has 1 atom stereocenters. The van der Waals surface area contributed by atoms with Crippen LogP contribution in [0.15, 0.2) is 53.2 Å². The molecule has 4 heteroatoms. The SMILES string of the molecule is NC(Cc1nc(-c2ccccc2)cs1)c1cccs1. The minimum absolute atomic E-state index is 0.0507. The first kappa shape index (κ1) is 12.5. The molecule has 0 bridgehead atoms. The molecule has 3 rings (SSSR count). The monoisotopic (exact) mass is 286 g/mol. The van der Waals surface area contributed by atoms with Crippen LogP contribution >= 0.6 is 22.7 Å². The summed E-state index contributed by atoms with van der Waals surface area (Å²) in [5, 5.41) is 5.26. The van der Waals surface area contributed by atoms with Crippen molar-refractivity contribution in [1.82, 2.24) is 4.98 Å². The third kappa shape index (κ3) is 2.92. The highest BCUT2D eigenvalue weighted by Gasteiger charge is 2.11. The first-order valence-electron chi connectivity index (χ1n) is 6.12. The number of hydrogen-bond acceptors (Lipinski definition) is 4. The summed E-state index contributed by atoms with van der Waals surface area (Å²) < 4.78 is 0. The van der Waals surface area contributed by atoms with Gasteiger partial charge in [-0.3, -0.25) is 0 Å². The van der Waals surface area contributed by atoms with Crippen LogP contribution in [0.3, 0.4) is 0 Å². The fourth-order valence-electron chi connectivity index (χ4n) is 1.94. The van der Waals surface area contributed by atoms with Crippen molar-refractivity contribution in [2.75, 3.05) is 0 Å². The molecule has 19 heavy (non-hydrogen) atoms. The molecule has 0 amide bonds. The van der Waals surface area contributed by atoms with Crippen LogP contribution in [0.2, 0.25) is 0 Å². The number of hydrogen-bond donors (Lipinski definition) is 1. The minimum Gasteiger partial charge on any atom is -0.323 e. The van der Waals surface area contributed by atoms with Crippen LogP contribution in [0.4, 0.5) is 0 Å². The summed E-state index contributed by atoms with van der Waals surface area (Å²) in [5.41, 5.74) is 8.40. The fourth-order valence-corrected chi connectivity index (χ4v) is 3.53. The number of rotatable bonds is 4. The Morgan fingerprint density at radius 1 is 1.05 bits per heavy atom. The van der Waals surface area contributed by atoms with Gasteiger partial charge in [0.05, 0.1) is 10.7 Å². The Balaban J connectivity index is 1.75. The first-order valence-corrected chi connectivity index (χ1v) is 7.87. The van der Waals surface area contributed by atoms with Gasteiger partial charge in [-0.1, -0.05) is 36.4 Å². The van der Waals surface area contributed by atoms with Crippen LogP contribution < -0.4 is 5.73 Å². The molecule has 0 saturated heterocycles. The molecule has 96 valence electrons. The summed E-state index contributed by atoms with van der Waals surface area (Å²) in [6.07, 6.45) is 0.804. The highest BCUT2D eigenvalue weighted by molar-refractivity contribution is 7.10. The van der Waals surface area contributed by atoms with Gasteiger partial charge in [0, 0.05) is 28.3 Å². The van der Waals surface area contributed by atoms with Gasteiger partial charge in [-0.15, -0.1) is 22.7 Å². The van der Waals surface area contributed by atoms with E-state index in [1.165, 1.54) is 4.88 Å². The number of benzene rings is 1. The highest BCUT2D eigenvalue weighted by atomic mass is 32.1. The lowest BCUT2D eigenvalue weighted by Gasteiger charge is -2.06. The van der Waals surface area contributed by atoms with E-state index in [9.17, 15) is 0 Å². The zero-order chi connectivity index (χ0) is 13.1. The zero-order valence-corrected chi connectivity index (χ0v) is 12.0. The van der Waals surface area contributed by atoms with Crippen molar-refractivity contribution >= 4 is 22.7 Å². The molecule has 2 aromatic heterocycles. The minimum atomic E-state index is 0.0507. The summed E-state index contributed by atoms with van der Waals surface area (Å²) in [4.78, 5) is 5.89. The van der Waals surface area contributed by atoms with E-state index in [-0.39, 0.29) is 6.04 Å². The van der Waals surface area contributed by atoms with Crippen molar-refractivity contribution < 1.29 is 0 Å². The van der Waals surface area contributed by atoms with Crippen molar-refractivity contribution in [3.63, 3.8) is 0 Å². The maximum absolute atomic E-state index is 6.20. The van der Waals surface area contributed by atoms with E-state index < -0.39 is 0 Å². The summed E-state index contributed by atoms with van der Waals surface area (Å²) in [6.45, 7) is 0. The molecule has 0 fully saturated rings. The van der Waals surface area contributed by atoms with E-state index in [0.29, 0.717) is 0 Å². The van der Waals surface area contributed by atoms with Gasteiger partial charge in [0.2, 0.25) is 0 Å². The molecule has 1 aromatic carbocycles. The molecule has 0 saturated carbocycles. The molecule has 2 N–H and O–H groups in total. The van der Waals surface area contributed by atoms with E-state index >= 15 is 0 Å². The summed E-state index contributed by atoms with van der Waals surface area (Å²) >= 11 is 3.39. The Labute approximate surface area is 120 Å². The predicted molar refractivity (Wildman–Crippen MR) is 82.5 cm³/mol. The summed E-state index contributed by atoms with van der Waals surface area (Å²) in [7, 11) is 0. The first-order chi connectivity index (χ1) is 9.33. The van der Waals surface area contributed by atoms with Crippen molar-refractivity contribution in [2.24, 2.45) is 5.73 Å². The second kappa shape index (κ2) is 5.65. The smallest absolute Gasteiger partial charge is 0.0951 e. The standard InChI is InChI=1S/C15H14N2S2/c16-12(14-7-4-8-18-14)9-15-17-13(10-19-15)11-5-2-1-3-6-11/h1-8,10,12H,9,16H2. The normalized spacial score (nSPS) is 12.5. The average Bonchev–Trinajstić information content (AvgIpc) is 3.11. The van der Waals surface area contributed by atoms with Crippen molar-refractivity contribution in [2.45, 2.75) is 12.5 Å². The second-order valence-corrected chi connectivity index (χ2v) is 6.24. The molecule has 0 aliphatic rings. The number of nitrogens with two attached hydrogens (primary N) is 1. The van der Waals surface area contributed by atoms with Crippen LogP contribution in [0.1, 0.15) is 15.9 Å². The molecule has 0 radical (unpaired) electrons. The van der Waals surface area contributed by atoms with Crippen LogP contribution in [0, 0.1) is 0 Å². The molecule has 2 heterocycles. The third-order valence-electron chi connectivity index (χ3n) is 2.92. The number of nitrogens with zero attached hydrogens (tertiary/aromatic N) is 1. The summed E-state index contributed by atoms with van der Waals surface area (Å²) in [5.74, 6) is 0. The Kier molecular flexibility index (Phi) is 3.73. The Morgan fingerprint density at radius 3 is 2.63 bits per heavy atom. The quantitative estimate of drug-likeness (QED) is 0.783. The summed E-state index contributed by atoms with van der Waals surface area (Å²) in [6, 6.07) is 14.4. The molecule has 0 aliphatic heterocycles. The van der Waals surface area contributed by atoms with E-state index in [0.717, 1.165) is 22.7 Å². The molecule has 2 nitrogen and oxygen atoms in total. The molecule has 3 aromatic rings. The van der Waals surface area contributed by atoms with Gasteiger partial charge in [0.1, 0.15) is 0 Å². The average molecular weight is 286 g/mol. The molecule has 0 aliphatic carbocycles. The largest absolute Gasteiger partial charge is 0.323 e. The van der Waals surface area contributed by atoms with Crippen LogP contribution in [0.25, 0.3) is 11.3 Å². The van der Waals surface area contributed by atoms with E-state index in [1.54, 1.807) is 22.7 Å². The van der Waals surface area contributed by atoms with Crippen molar-refractivity contribution in [1.29, 1.82) is 0 Å². The topological polar surface area (TPSA) is 38.9 Å². The number of aromatic nitrogens is 1. The Bertz CT molecular complexity index is 629. The van der Waals surface area contributed by atoms with Crippen molar-refractivity contribution in [3.05, 3.63) is 63.1 Å². The Morgan fingerprint density at radius 2 is 1.89 bits per heavy atom.